The first-order chi connectivity index (χ1) is 15.7. The second-order valence-electron chi connectivity index (χ2n) is 7.03. The zero-order valence-electron chi connectivity index (χ0n) is 18.1. The number of allylic oxidation sites excluding steroid dienone is 1. The summed E-state index contributed by atoms with van der Waals surface area (Å²) in [7, 11) is 1.39. The molecule has 0 radical (unpaired) electrons. The molecule has 0 saturated carbocycles. The fourth-order valence-electron chi connectivity index (χ4n) is 2.99. The van der Waals surface area contributed by atoms with Gasteiger partial charge in [-0.3, -0.25) is 20.1 Å². The largest absolute Gasteiger partial charge is 0.505 e. The van der Waals surface area contributed by atoms with E-state index in [0.717, 1.165) is 18.2 Å². The second-order valence-corrected chi connectivity index (χ2v) is 7.03. The number of aromatic hydroxyl groups is 1. The van der Waals surface area contributed by atoms with E-state index in [0.29, 0.717) is 17.7 Å². The van der Waals surface area contributed by atoms with Gasteiger partial charge in [0.15, 0.2) is 23.5 Å². The average Bonchev–Trinajstić information content (AvgIpc) is 2.80. The lowest BCUT2D eigenvalue weighted by molar-refractivity contribution is -0.124. The van der Waals surface area contributed by atoms with Crippen LogP contribution in [0, 0.1) is 5.82 Å². The number of ketones is 1. The third kappa shape index (κ3) is 7.70. The van der Waals surface area contributed by atoms with Crippen LogP contribution in [0.3, 0.4) is 0 Å². The summed E-state index contributed by atoms with van der Waals surface area (Å²) in [5.41, 5.74) is 2.58. The van der Waals surface area contributed by atoms with E-state index in [1.54, 1.807) is 12.1 Å². The molecule has 4 N–H and O–H groups in total. The number of Topliss-reactive ketones (excluding diaryl/α,β-unsaturated/α-hetero) is 1. The van der Waals surface area contributed by atoms with E-state index < -0.39 is 35.8 Å². The van der Waals surface area contributed by atoms with Crippen molar-refractivity contribution >= 4 is 23.5 Å². The number of hydrogen-bond acceptors (Lipinski definition) is 7. The van der Waals surface area contributed by atoms with Crippen LogP contribution in [0.2, 0.25) is 0 Å². The topological polar surface area (TPSA) is 134 Å². The van der Waals surface area contributed by atoms with Gasteiger partial charge in [0.1, 0.15) is 0 Å². The van der Waals surface area contributed by atoms with Gasteiger partial charge in [-0.25, -0.2) is 14.7 Å². The second kappa shape index (κ2) is 12.3. The first-order valence-electron chi connectivity index (χ1n) is 9.95. The van der Waals surface area contributed by atoms with Gasteiger partial charge in [0, 0.05) is 24.4 Å². The molecule has 33 heavy (non-hydrogen) atoms. The van der Waals surface area contributed by atoms with Gasteiger partial charge in [0.25, 0.3) is 5.91 Å². The lowest BCUT2D eigenvalue weighted by Crippen LogP contribution is -2.28. The number of ether oxygens (including phenoxy) is 2. The fourth-order valence-corrected chi connectivity index (χ4v) is 2.99. The minimum Gasteiger partial charge on any atom is -0.505 e. The molecule has 0 aliphatic rings. The van der Waals surface area contributed by atoms with E-state index in [-0.39, 0.29) is 17.8 Å². The number of benzene rings is 2. The van der Waals surface area contributed by atoms with Gasteiger partial charge in [-0.1, -0.05) is 12.1 Å². The minimum absolute atomic E-state index is 0.119. The summed E-state index contributed by atoms with van der Waals surface area (Å²) in [6.07, 6.45) is 0.577. The molecule has 0 fully saturated rings. The van der Waals surface area contributed by atoms with E-state index >= 15 is 0 Å². The average molecular weight is 460 g/mol. The molecule has 2 atom stereocenters. The van der Waals surface area contributed by atoms with Gasteiger partial charge in [-0.15, -0.1) is 0 Å². The molecule has 0 aliphatic heterocycles. The van der Waals surface area contributed by atoms with Crippen LogP contribution in [-0.2, 0) is 14.3 Å². The van der Waals surface area contributed by atoms with Crippen molar-refractivity contribution in [2.45, 2.75) is 32.0 Å². The minimum atomic E-state index is -1.05. The number of anilines is 1. The molecule has 2 aromatic carbocycles. The summed E-state index contributed by atoms with van der Waals surface area (Å²) in [5.74, 6) is -2.27. The van der Waals surface area contributed by atoms with Crippen molar-refractivity contribution in [3.63, 3.8) is 0 Å². The molecule has 0 unspecified atom stereocenters. The normalized spacial score (nSPS) is 12.7. The lowest BCUT2D eigenvalue weighted by atomic mass is 10.00. The summed E-state index contributed by atoms with van der Waals surface area (Å²) >= 11 is 0. The van der Waals surface area contributed by atoms with Gasteiger partial charge >= 0.3 is 6.09 Å². The van der Waals surface area contributed by atoms with Crippen LogP contribution in [0.25, 0.3) is 0 Å². The number of phenolic OH excluding ortho intramolecular Hbond substituents is 1. The molecular formula is C23H25FN2O7. The quantitative estimate of drug-likeness (QED) is 0.183. The van der Waals surface area contributed by atoms with Crippen LogP contribution in [0.1, 0.15) is 41.8 Å². The van der Waals surface area contributed by atoms with Crippen molar-refractivity contribution < 1.29 is 38.6 Å². The molecule has 2 amide bonds. The van der Waals surface area contributed by atoms with Gasteiger partial charge in [0.2, 0.25) is 0 Å². The summed E-state index contributed by atoms with van der Waals surface area (Å²) < 4.78 is 25.0. The summed E-state index contributed by atoms with van der Waals surface area (Å²) in [5, 5.41) is 20.6. The van der Waals surface area contributed by atoms with Crippen LogP contribution in [0.5, 0.6) is 5.75 Å². The first kappa shape index (κ1) is 25.5. The maximum atomic E-state index is 14.0. The Balaban J connectivity index is 2.19. The molecular weight excluding hydrogens is 435 g/mol. The molecule has 0 spiro atoms. The van der Waals surface area contributed by atoms with Crippen molar-refractivity contribution in [3.8, 4) is 5.75 Å². The number of carbonyl (C=O) groups excluding carboxylic acids is 3. The predicted octanol–water partition coefficient (Wildman–Crippen LogP) is 3.88. The highest BCUT2D eigenvalue weighted by Crippen LogP contribution is 2.30. The number of rotatable bonds is 10. The maximum absolute atomic E-state index is 14.0. The van der Waals surface area contributed by atoms with Crippen LogP contribution in [-0.4, -0.2) is 41.3 Å². The van der Waals surface area contributed by atoms with Crippen LogP contribution >= 0.6 is 0 Å². The number of methoxy groups -OCH3 is 1. The van der Waals surface area contributed by atoms with Crippen molar-refractivity contribution in [1.29, 1.82) is 0 Å². The number of halogens is 1. The molecule has 2 rings (SSSR count). The number of hydroxylamine groups is 1. The van der Waals surface area contributed by atoms with Gasteiger partial charge in [-0.2, -0.15) is 0 Å². The number of phenols is 1. The number of nitrogens with one attached hydrogen (secondary N) is 2. The van der Waals surface area contributed by atoms with Crippen LogP contribution in [0.15, 0.2) is 54.6 Å². The predicted molar refractivity (Wildman–Crippen MR) is 116 cm³/mol. The van der Waals surface area contributed by atoms with Gasteiger partial charge < -0.3 is 14.6 Å². The van der Waals surface area contributed by atoms with Crippen molar-refractivity contribution in [1.82, 2.24) is 5.48 Å². The lowest BCUT2D eigenvalue weighted by Gasteiger charge is -2.26. The Bertz CT molecular complexity index is 1010. The van der Waals surface area contributed by atoms with Crippen LogP contribution in [0.4, 0.5) is 14.9 Å². The fraction of sp³-hybridized carbons (Fsp3) is 0.261. The zero-order chi connectivity index (χ0) is 24.4. The SMILES string of the molecule is CO[C@H](CC/C=C/C(=O)NO)[C@H](OC(=O)Nc1ccc(C(C)=O)cc1)c1ccc(O)c(F)c1. The Labute approximate surface area is 189 Å². The zero-order valence-corrected chi connectivity index (χ0v) is 18.1. The van der Waals surface area contributed by atoms with E-state index in [9.17, 15) is 23.9 Å². The number of hydrogen-bond donors (Lipinski definition) is 4. The van der Waals surface area contributed by atoms with Crippen LogP contribution < -0.4 is 10.8 Å². The highest BCUT2D eigenvalue weighted by molar-refractivity contribution is 5.95. The van der Waals surface area contributed by atoms with Gasteiger partial charge in [0.05, 0.1) is 6.10 Å². The third-order valence-electron chi connectivity index (χ3n) is 4.71. The summed E-state index contributed by atoms with van der Waals surface area (Å²) in [6.45, 7) is 1.42. The number of carbonyl (C=O) groups is 3. The Hall–Kier alpha value is -3.76. The summed E-state index contributed by atoms with van der Waals surface area (Å²) in [6, 6.07) is 9.76. The molecule has 10 heteroatoms. The molecule has 0 aromatic heterocycles. The molecule has 0 aliphatic carbocycles. The Kier molecular flexibility index (Phi) is 9.52. The first-order valence-corrected chi connectivity index (χ1v) is 9.95. The van der Waals surface area contributed by atoms with Crippen molar-refractivity contribution in [2.24, 2.45) is 0 Å². The maximum Gasteiger partial charge on any atom is 0.412 e. The van der Waals surface area contributed by atoms with Gasteiger partial charge in [-0.05, 0) is 61.7 Å². The smallest absolute Gasteiger partial charge is 0.412 e. The highest BCUT2D eigenvalue weighted by atomic mass is 19.1. The molecule has 0 bridgehead atoms. The standard InChI is InChI=1S/C23H25FN2O7/c1-14(27)15-7-10-17(11-8-15)25-23(30)33-22(16-9-12-19(28)18(24)13-16)20(32-2)5-3-4-6-21(29)26-31/h4,6-13,20,22,28,31H,3,5H2,1-2H3,(H,25,30)(H,26,29)/b6-4+/t20-,22-/m1/s1. The Morgan fingerprint density at radius 3 is 2.42 bits per heavy atom. The van der Waals surface area contributed by atoms with E-state index in [2.05, 4.69) is 5.32 Å². The van der Waals surface area contributed by atoms with E-state index in [4.69, 9.17) is 14.7 Å². The summed E-state index contributed by atoms with van der Waals surface area (Å²) in [4.78, 5) is 35.0. The van der Waals surface area contributed by atoms with Crippen molar-refractivity contribution in [3.05, 3.63) is 71.6 Å². The monoisotopic (exact) mass is 460 g/mol. The van der Waals surface area contributed by atoms with E-state index in [1.807, 2.05) is 0 Å². The Morgan fingerprint density at radius 1 is 1.15 bits per heavy atom. The molecule has 2 aromatic rings. The third-order valence-corrected chi connectivity index (χ3v) is 4.71. The molecule has 9 nitrogen and oxygen atoms in total. The molecule has 176 valence electrons. The van der Waals surface area contributed by atoms with E-state index in [1.165, 1.54) is 43.8 Å². The number of amides is 2. The highest BCUT2D eigenvalue weighted by Gasteiger charge is 2.28. The van der Waals surface area contributed by atoms with Crippen molar-refractivity contribution in [2.75, 3.05) is 12.4 Å². The molecule has 0 saturated heterocycles. The molecule has 0 heterocycles. The Morgan fingerprint density at radius 2 is 1.85 bits per heavy atom.